The van der Waals surface area contributed by atoms with Crippen molar-refractivity contribution in [2.24, 2.45) is 0 Å². The van der Waals surface area contributed by atoms with Gasteiger partial charge in [-0.3, -0.25) is 4.57 Å². The number of nitrogens with zero attached hydrogens (tertiary/aromatic N) is 4. The van der Waals surface area contributed by atoms with Crippen LogP contribution in [-0.4, -0.2) is 54.7 Å². The first-order valence-electron chi connectivity index (χ1n) is 5.77. The van der Waals surface area contributed by atoms with E-state index in [1.807, 2.05) is 22.6 Å². The number of hydrogen-bond acceptors (Lipinski definition) is 7. The van der Waals surface area contributed by atoms with Crippen molar-refractivity contribution < 1.29 is 19.3 Å². The lowest BCUT2D eigenvalue weighted by Gasteiger charge is -2.15. The number of imidazole rings is 1. The van der Waals surface area contributed by atoms with Crippen LogP contribution in [0.2, 0.25) is 0 Å². The predicted molar refractivity (Wildman–Crippen MR) is 74.4 cm³/mol. The lowest BCUT2D eigenvalue weighted by atomic mass is 10.1. The largest absolute Gasteiger partial charge is 0.394 e. The molecule has 20 heavy (non-hydrogen) atoms. The van der Waals surface area contributed by atoms with E-state index in [0.29, 0.717) is 14.9 Å². The summed E-state index contributed by atoms with van der Waals surface area (Å²) in [7, 11) is 0. The van der Waals surface area contributed by atoms with E-state index in [1.54, 1.807) is 0 Å². The van der Waals surface area contributed by atoms with Gasteiger partial charge < -0.3 is 20.7 Å². The molecular formula is C10H11FIN5O3. The molecule has 8 nitrogen and oxygen atoms in total. The number of fused-ring (bicyclic) bond motifs is 1. The number of ether oxygens (including phenoxy) is 1. The number of hydrogen-bond donors (Lipinski definition) is 3. The van der Waals surface area contributed by atoms with Crippen LogP contribution in [0.5, 0.6) is 0 Å². The number of anilines is 1. The molecule has 10 heteroatoms. The Balaban J connectivity index is 2.07. The van der Waals surface area contributed by atoms with Crippen LogP contribution in [0, 0.1) is 3.70 Å². The standard InChI is InChI=1S/C10H11FIN5O3/c11-4-6(19)3(1-18)20-9(4)17-2-14-5-7(12)15-10(13)16-8(5)17/h2-4,6,9,18-19H,1H2,(H2,13,15,16)/t3-,4+,6-,9-/m1/s1. The molecule has 1 saturated heterocycles. The maximum atomic E-state index is 14.1. The van der Waals surface area contributed by atoms with Crippen molar-refractivity contribution in [2.75, 3.05) is 12.3 Å². The van der Waals surface area contributed by atoms with E-state index in [-0.39, 0.29) is 5.95 Å². The van der Waals surface area contributed by atoms with Crippen molar-refractivity contribution in [2.45, 2.75) is 24.6 Å². The zero-order chi connectivity index (χ0) is 14.4. The van der Waals surface area contributed by atoms with Gasteiger partial charge in [-0.1, -0.05) is 0 Å². The normalized spacial score (nSPS) is 30.2. The highest BCUT2D eigenvalue weighted by Gasteiger charge is 2.45. The van der Waals surface area contributed by atoms with Gasteiger partial charge >= 0.3 is 0 Å². The van der Waals surface area contributed by atoms with Crippen molar-refractivity contribution in [1.29, 1.82) is 0 Å². The minimum atomic E-state index is -1.70. The van der Waals surface area contributed by atoms with Crippen molar-refractivity contribution >= 4 is 39.7 Å². The van der Waals surface area contributed by atoms with Gasteiger partial charge in [-0.15, -0.1) is 0 Å². The Kier molecular flexibility index (Phi) is 3.48. The molecule has 0 spiro atoms. The third-order valence-electron chi connectivity index (χ3n) is 3.14. The Bertz CT molecular complexity index is 653. The van der Waals surface area contributed by atoms with E-state index in [4.69, 9.17) is 15.6 Å². The van der Waals surface area contributed by atoms with Crippen LogP contribution >= 0.6 is 22.6 Å². The summed E-state index contributed by atoms with van der Waals surface area (Å²) in [5.74, 6) is 0.0383. The maximum absolute atomic E-state index is 14.1. The molecule has 0 aliphatic carbocycles. The van der Waals surface area contributed by atoms with Gasteiger partial charge in [0.2, 0.25) is 5.95 Å². The maximum Gasteiger partial charge on any atom is 0.223 e. The Hall–Kier alpha value is -1.11. The molecule has 2 aromatic rings. The van der Waals surface area contributed by atoms with Crippen LogP contribution in [0.3, 0.4) is 0 Å². The lowest BCUT2D eigenvalue weighted by molar-refractivity contribution is -0.0459. The number of aliphatic hydroxyl groups excluding tert-OH is 2. The van der Waals surface area contributed by atoms with Gasteiger partial charge in [-0.05, 0) is 22.6 Å². The second-order valence-electron chi connectivity index (χ2n) is 4.38. The topological polar surface area (TPSA) is 119 Å². The Labute approximate surface area is 125 Å². The highest BCUT2D eigenvalue weighted by Crippen LogP contribution is 2.33. The Morgan fingerprint density at radius 2 is 2.25 bits per heavy atom. The molecule has 1 fully saturated rings. The van der Waals surface area contributed by atoms with Crippen LogP contribution in [0.4, 0.5) is 10.3 Å². The second-order valence-corrected chi connectivity index (χ2v) is 5.40. The monoisotopic (exact) mass is 395 g/mol. The summed E-state index contributed by atoms with van der Waals surface area (Å²) in [6, 6.07) is 0. The zero-order valence-corrected chi connectivity index (χ0v) is 12.2. The van der Waals surface area contributed by atoms with Gasteiger partial charge in [0, 0.05) is 0 Å². The summed E-state index contributed by atoms with van der Waals surface area (Å²) in [5.41, 5.74) is 6.36. The van der Waals surface area contributed by atoms with Crippen molar-refractivity contribution in [3.05, 3.63) is 10.0 Å². The molecule has 4 N–H and O–H groups in total. The number of aromatic nitrogens is 4. The van der Waals surface area contributed by atoms with Gasteiger partial charge in [-0.25, -0.2) is 14.4 Å². The van der Waals surface area contributed by atoms with Gasteiger partial charge in [0.05, 0.1) is 12.9 Å². The highest BCUT2D eigenvalue weighted by atomic mass is 127. The minimum absolute atomic E-state index is 0.0383. The molecule has 3 heterocycles. The van der Waals surface area contributed by atoms with E-state index in [2.05, 4.69) is 15.0 Å². The van der Waals surface area contributed by atoms with Crippen LogP contribution in [0.25, 0.3) is 11.2 Å². The van der Waals surface area contributed by atoms with Crippen LogP contribution in [-0.2, 0) is 4.74 Å². The summed E-state index contributed by atoms with van der Waals surface area (Å²) >= 11 is 1.95. The Morgan fingerprint density at radius 3 is 2.90 bits per heavy atom. The van der Waals surface area contributed by atoms with Crippen molar-refractivity contribution in [3.8, 4) is 0 Å². The molecule has 2 aromatic heterocycles. The van der Waals surface area contributed by atoms with E-state index in [1.165, 1.54) is 10.9 Å². The summed E-state index contributed by atoms with van der Waals surface area (Å²) < 4.78 is 21.3. The molecule has 0 unspecified atom stereocenters. The van der Waals surface area contributed by atoms with E-state index in [9.17, 15) is 9.50 Å². The van der Waals surface area contributed by atoms with Crippen LogP contribution < -0.4 is 5.73 Å². The molecule has 3 rings (SSSR count). The van der Waals surface area contributed by atoms with Crippen molar-refractivity contribution in [1.82, 2.24) is 19.5 Å². The van der Waals surface area contributed by atoms with Gasteiger partial charge in [0.1, 0.15) is 21.4 Å². The fourth-order valence-corrected chi connectivity index (χ4v) is 2.79. The molecule has 1 aliphatic heterocycles. The molecule has 1 aliphatic rings. The number of halogens is 2. The third kappa shape index (κ3) is 2.03. The molecule has 0 radical (unpaired) electrons. The fourth-order valence-electron chi connectivity index (χ4n) is 2.16. The fraction of sp³-hybridized carbons (Fsp3) is 0.500. The first-order valence-corrected chi connectivity index (χ1v) is 6.84. The Morgan fingerprint density at radius 1 is 1.50 bits per heavy atom. The second kappa shape index (κ2) is 5.02. The van der Waals surface area contributed by atoms with Crippen LogP contribution in [0.15, 0.2) is 6.33 Å². The molecule has 108 valence electrons. The first kappa shape index (κ1) is 13.9. The number of nitrogens with two attached hydrogens (primary N) is 1. The summed E-state index contributed by atoms with van der Waals surface area (Å²) in [4.78, 5) is 12.1. The summed E-state index contributed by atoms with van der Waals surface area (Å²) in [6.45, 7) is -0.473. The minimum Gasteiger partial charge on any atom is -0.394 e. The highest BCUT2D eigenvalue weighted by molar-refractivity contribution is 14.1. The molecular weight excluding hydrogens is 384 g/mol. The average molecular weight is 395 g/mol. The number of aliphatic hydroxyl groups is 2. The third-order valence-corrected chi connectivity index (χ3v) is 3.90. The van der Waals surface area contributed by atoms with Crippen LogP contribution in [0.1, 0.15) is 6.23 Å². The van der Waals surface area contributed by atoms with Gasteiger partial charge in [-0.2, -0.15) is 4.98 Å². The molecule has 0 saturated carbocycles. The number of alkyl halides is 1. The van der Waals surface area contributed by atoms with Gasteiger partial charge in [0.15, 0.2) is 18.0 Å². The van der Waals surface area contributed by atoms with E-state index < -0.39 is 31.2 Å². The zero-order valence-electron chi connectivity index (χ0n) is 10.0. The summed E-state index contributed by atoms with van der Waals surface area (Å²) in [6.07, 6.45) is -3.84. The smallest absolute Gasteiger partial charge is 0.223 e. The molecule has 0 bridgehead atoms. The first-order chi connectivity index (χ1) is 9.52. The molecule has 0 amide bonds. The van der Waals surface area contributed by atoms with E-state index >= 15 is 0 Å². The average Bonchev–Trinajstić information content (AvgIpc) is 2.93. The van der Waals surface area contributed by atoms with E-state index in [0.717, 1.165) is 0 Å². The number of nitrogen functional groups attached to an aromatic ring is 1. The lowest BCUT2D eigenvalue weighted by Crippen LogP contribution is -2.30. The predicted octanol–water partition coefficient (Wildman–Crippen LogP) is -0.398. The SMILES string of the molecule is Nc1nc(I)c2ncn([C@@H]3O[C@H](CO)[C@@H](O)[C@@H]3F)c2n1. The molecule has 4 atom stereocenters. The quantitative estimate of drug-likeness (QED) is 0.468. The van der Waals surface area contributed by atoms with Gasteiger partial charge in [0.25, 0.3) is 0 Å². The number of rotatable bonds is 2. The van der Waals surface area contributed by atoms with Crippen molar-refractivity contribution in [3.63, 3.8) is 0 Å². The summed E-state index contributed by atoms with van der Waals surface area (Å²) in [5, 5.41) is 18.7. The molecule has 0 aromatic carbocycles.